The Bertz CT molecular complexity index is 647. The standard InChI is InChI=1S/C20H33N3O3/c1-5-23-18(16-12-14(2)26-15(3)17(16)21-23)19(24)22(4)13-20(25)10-8-6-7-9-11-20/h14-15,25H,5-13H2,1-4H3/t14-,15+/m0/s1. The van der Waals surface area contributed by atoms with Crippen molar-refractivity contribution in [3.05, 3.63) is 17.0 Å². The van der Waals surface area contributed by atoms with Gasteiger partial charge in [0, 0.05) is 32.1 Å². The summed E-state index contributed by atoms with van der Waals surface area (Å²) in [5.41, 5.74) is 1.81. The van der Waals surface area contributed by atoms with Gasteiger partial charge >= 0.3 is 0 Å². The lowest BCUT2D eigenvalue weighted by atomic mass is 9.93. The summed E-state index contributed by atoms with van der Waals surface area (Å²) in [7, 11) is 1.80. The maximum atomic E-state index is 13.3. The van der Waals surface area contributed by atoms with Crippen molar-refractivity contribution >= 4 is 5.91 Å². The fraction of sp³-hybridized carbons (Fsp3) is 0.800. The van der Waals surface area contributed by atoms with Gasteiger partial charge in [0.25, 0.3) is 5.91 Å². The van der Waals surface area contributed by atoms with Crippen molar-refractivity contribution in [1.82, 2.24) is 14.7 Å². The first kappa shape index (κ1) is 19.4. The maximum absolute atomic E-state index is 13.3. The van der Waals surface area contributed by atoms with Gasteiger partial charge in [-0.3, -0.25) is 9.48 Å². The van der Waals surface area contributed by atoms with E-state index in [1.165, 1.54) is 12.8 Å². The summed E-state index contributed by atoms with van der Waals surface area (Å²) in [5.74, 6) is -0.0421. The van der Waals surface area contributed by atoms with E-state index in [9.17, 15) is 9.90 Å². The molecule has 1 amide bonds. The summed E-state index contributed by atoms with van der Waals surface area (Å²) in [6.45, 7) is 7.07. The summed E-state index contributed by atoms with van der Waals surface area (Å²) < 4.78 is 7.68. The molecule has 1 aromatic rings. The normalized spacial score (nSPS) is 25.4. The molecule has 2 heterocycles. The summed E-state index contributed by atoms with van der Waals surface area (Å²) >= 11 is 0. The average Bonchev–Trinajstić information content (AvgIpc) is 2.82. The SMILES string of the molecule is CCn1nc2c(c1C(=O)N(C)CC1(O)CCCCCC1)C[C@H](C)O[C@@H]2C. The molecule has 146 valence electrons. The van der Waals surface area contributed by atoms with Crippen LogP contribution in [0.4, 0.5) is 0 Å². The number of carbonyl (C=O) groups is 1. The van der Waals surface area contributed by atoms with E-state index in [4.69, 9.17) is 4.74 Å². The number of likely N-dealkylation sites (N-methyl/N-ethyl adjacent to an activating group) is 1. The third-order valence-electron chi connectivity index (χ3n) is 5.81. The van der Waals surface area contributed by atoms with Crippen LogP contribution in [0.5, 0.6) is 0 Å². The minimum atomic E-state index is -0.762. The molecular weight excluding hydrogens is 330 g/mol. The number of hydrogen-bond acceptors (Lipinski definition) is 4. The number of fused-ring (bicyclic) bond motifs is 1. The number of ether oxygens (including phenoxy) is 1. The van der Waals surface area contributed by atoms with Crippen LogP contribution in [-0.2, 0) is 17.7 Å². The molecule has 6 nitrogen and oxygen atoms in total. The quantitative estimate of drug-likeness (QED) is 0.835. The first-order chi connectivity index (χ1) is 12.3. The van der Waals surface area contributed by atoms with Gasteiger partial charge in [0.2, 0.25) is 0 Å². The average molecular weight is 364 g/mol. The lowest BCUT2D eigenvalue weighted by Gasteiger charge is -2.32. The van der Waals surface area contributed by atoms with Crippen molar-refractivity contribution in [1.29, 1.82) is 0 Å². The van der Waals surface area contributed by atoms with E-state index in [1.54, 1.807) is 16.6 Å². The third kappa shape index (κ3) is 3.81. The van der Waals surface area contributed by atoms with Crippen LogP contribution in [0.25, 0.3) is 0 Å². The van der Waals surface area contributed by atoms with E-state index in [0.29, 0.717) is 25.2 Å². The lowest BCUT2D eigenvalue weighted by Crippen LogP contribution is -2.44. The van der Waals surface area contributed by atoms with Crippen LogP contribution in [0.2, 0.25) is 0 Å². The van der Waals surface area contributed by atoms with Crippen molar-refractivity contribution < 1.29 is 14.6 Å². The van der Waals surface area contributed by atoms with Crippen LogP contribution in [0.3, 0.4) is 0 Å². The van der Waals surface area contributed by atoms with Gasteiger partial charge < -0.3 is 14.7 Å². The van der Waals surface area contributed by atoms with E-state index in [0.717, 1.165) is 36.9 Å². The van der Waals surface area contributed by atoms with Crippen molar-refractivity contribution in [2.75, 3.05) is 13.6 Å². The monoisotopic (exact) mass is 363 g/mol. The summed E-state index contributed by atoms with van der Waals surface area (Å²) in [5, 5.41) is 15.6. The smallest absolute Gasteiger partial charge is 0.272 e. The van der Waals surface area contributed by atoms with Crippen molar-refractivity contribution in [3.8, 4) is 0 Å². The number of rotatable bonds is 4. The number of hydrogen-bond donors (Lipinski definition) is 1. The van der Waals surface area contributed by atoms with E-state index < -0.39 is 5.60 Å². The van der Waals surface area contributed by atoms with E-state index in [2.05, 4.69) is 5.10 Å². The Balaban J connectivity index is 1.85. The highest BCUT2D eigenvalue weighted by atomic mass is 16.5. The number of nitrogens with zero attached hydrogens (tertiary/aromatic N) is 3. The second-order valence-electron chi connectivity index (χ2n) is 8.12. The zero-order chi connectivity index (χ0) is 18.9. The fourth-order valence-corrected chi connectivity index (χ4v) is 4.50. The number of aromatic nitrogens is 2. The van der Waals surface area contributed by atoms with Crippen molar-refractivity contribution in [2.45, 2.75) is 90.1 Å². The highest BCUT2D eigenvalue weighted by Gasteiger charge is 2.35. The molecule has 0 bridgehead atoms. The molecule has 2 atom stereocenters. The molecule has 0 radical (unpaired) electrons. The first-order valence-corrected chi connectivity index (χ1v) is 10.1. The Hall–Kier alpha value is -1.40. The molecule has 1 saturated carbocycles. The predicted molar refractivity (Wildman–Crippen MR) is 100 cm³/mol. The number of carbonyl (C=O) groups excluding carboxylic acids is 1. The minimum Gasteiger partial charge on any atom is -0.388 e. The van der Waals surface area contributed by atoms with Crippen LogP contribution in [-0.4, -0.2) is 51.0 Å². The molecule has 6 heteroatoms. The molecule has 1 aliphatic carbocycles. The van der Waals surface area contributed by atoms with Gasteiger partial charge in [-0.15, -0.1) is 0 Å². The Morgan fingerprint density at radius 1 is 1.31 bits per heavy atom. The van der Waals surface area contributed by atoms with E-state index >= 15 is 0 Å². The van der Waals surface area contributed by atoms with E-state index in [1.807, 2.05) is 20.8 Å². The largest absolute Gasteiger partial charge is 0.388 e. The molecule has 2 aliphatic rings. The maximum Gasteiger partial charge on any atom is 0.272 e. The molecule has 0 unspecified atom stereocenters. The van der Waals surface area contributed by atoms with Gasteiger partial charge in [0.15, 0.2) is 0 Å². The first-order valence-electron chi connectivity index (χ1n) is 10.1. The van der Waals surface area contributed by atoms with Crippen molar-refractivity contribution in [3.63, 3.8) is 0 Å². The summed E-state index contributed by atoms with van der Waals surface area (Å²) in [4.78, 5) is 15.0. The molecule has 0 saturated heterocycles. The fourth-order valence-electron chi connectivity index (χ4n) is 4.50. The van der Waals surface area contributed by atoms with Gasteiger partial charge in [-0.25, -0.2) is 0 Å². The van der Waals surface area contributed by atoms with Gasteiger partial charge in [-0.2, -0.15) is 5.10 Å². The van der Waals surface area contributed by atoms with Crippen LogP contribution < -0.4 is 0 Å². The highest BCUT2D eigenvalue weighted by Crippen LogP contribution is 2.33. The molecule has 1 aromatic heterocycles. The second kappa shape index (κ2) is 7.69. The zero-order valence-corrected chi connectivity index (χ0v) is 16.6. The molecule has 1 fully saturated rings. The Morgan fingerprint density at radius 3 is 2.58 bits per heavy atom. The Labute approximate surface area is 156 Å². The summed E-state index contributed by atoms with van der Waals surface area (Å²) in [6, 6.07) is 0. The zero-order valence-electron chi connectivity index (χ0n) is 16.6. The Morgan fingerprint density at radius 2 is 1.96 bits per heavy atom. The van der Waals surface area contributed by atoms with Gasteiger partial charge in [-0.05, 0) is 33.6 Å². The van der Waals surface area contributed by atoms with Crippen LogP contribution >= 0.6 is 0 Å². The Kier molecular flexibility index (Phi) is 5.72. The second-order valence-corrected chi connectivity index (χ2v) is 8.12. The number of aliphatic hydroxyl groups is 1. The van der Waals surface area contributed by atoms with Crippen LogP contribution in [0.15, 0.2) is 0 Å². The van der Waals surface area contributed by atoms with Gasteiger partial charge in [0.1, 0.15) is 5.69 Å². The molecule has 0 aromatic carbocycles. The minimum absolute atomic E-state index is 0.0421. The molecule has 3 rings (SSSR count). The highest BCUT2D eigenvalue weighted by molar-refractivity contribution is 5.94. The number of aryl methyl sites for hydroxylation is 1. The molecule has 26 heavy (non-hydrogen) atoms. The molecule has 1 aliphatic heterocycles. The summed E-state index contributed by atoms with van der Waals surface area (Å²) in [6.07, 6.45) is 6.66. The molecular formula is C20H33N3O3. The van der Waals surface area contributed by atoms with Gasteiger partial charge in [-0.1, -0.05) is 25.7 Å². The van der Waals surface area contributed by atoms with Crippen LogP contribution in [0, 0.1) is 0 Å². The van der Waals surface area contributed by atoms with Crippen LogP contribution in [0.1, 0.15) is 87.1 Å². The number of amides is 1. The molecule has 1 N–H and O–H groups in total. The topological polar surface area (TPSA) is 67.6 Å². The molecule has 0 spiro atoms. The lowest BCUT2D eigenvalue weighted by molar-refractivity contribution is -0.00772. The van der Waals surface area contributed by atoms with E-state index in [-0.39, 0.29) is 18.1 Å². The predicted octanol–water partition coefficient (Wildman–Crippen LogP) is 3.08. The third-order valence-corrected chi connectivity index (χ3v) is 5.81. The van der Waals surface area contributed by atoms with Crippen molar-refractivity contribution in [2.24, 2.45) is 0 Å². The van der Waals surface area contributed by atoms with Gasteiger partial charge in [0.05, 0.1) is 23.5 Å².